The molecule has 3 aromatic rings. The van der Waals surface area contributed by atoms with Gasteiger partial charge in [-0.25, -0.2) is 0 Å². The Hall–Kier alpha value is -3.81. The molecule has 29 heavy (non-hydrogen) atoms. The molecule has 0 radical (unpaired) electrons. The van der Waals surface area contributed by atoms with Gasteiger partial charge in [0.1, 0.15) is 11.5 Å². The number of ether oxygens (including phenoxy) is 1. The highest BCUT2D eigenvalue weighted by molar-refractivity contribution is 6.04. The van der Waals surface area contributed by atoms with Crippen LogP contribution in [0, 0.1) is 0 Å². The lowest BCUT2D eigenvalue weighted by atomic mass is 10.1. The summed E-state index contributed by atoms with van der Waals surface area (Å²) in [4.78, 5) is 23.3. The fourth-order valence-corrected chi connectivity index (χ4v) is 2.47. The van der Waals surface area contributed by atoms with Crippen LogP contribution in [-0.2, 0) is 6.18 Å². The number of halogens is 3. The molecule has 8 heteroatoms. The average molecular weight is 400 g/mol. The van der Waals surface area contributed by atoms with Crippen LogP contribution in [-0.4, -0.2) is 11.8 Å². The maximum Gasteiger partial charge on any atom is 0.416 e. The van der Waals surface area contributed by atoms with Crippen LogP contribution in [0.3, 0.4) is 0 Å². The molecule has 0 bridgehead atoms. The van der Waals surface area contributed by atoms with Crippen molar-refractivity contribution in [3.63, 3.8) is 0 Å². The van der Waals surface area contributed by atoms with E-state index in [-0.39, 0.29) is 11.3 Å². The minimum atomic E-state index is -4.49. The molecule has 0 aliphatic carbocycles. The van der Waals surface area contributed by atoms with E-state index < -0.39 is 23.6 Å². The number of benzene rings is 3. The zero-order valence-electron chi connectivity index (χ0n) is 14.9. The lowest BCUT2D eigenvalue weighted by molar-refractivity contribution is -0.137. The molecule has 3 rings (SSSR count). The lowest BCUT2D eigenvalue weighted by Gasteiger charge is -2.10. The number of nitrogens with one attached hydrogen (secondary N) is 1. The topological polar surface area (TPSA) is 81.4 Å². The molecule has 0 aromatic heterocycles. The van der Waals surface area contributed by atoms with Gasteiger partial charge in [-0.1, -0.05) is 6.07 Å². The van der Waals surface area contributed by atoms with E-state index in [9.17, 15) is 22.8 Å². The van der Waals surface area contributed by atoms with E-state index in [0.29, 0.717) is 17.1 Å². The second kappa shape index (κ2) is 8.05. The number of hydrogen-bond donors (Lipinski definition) is 2. The molecule has 0 aliphatic rings. The summed E-state index contributed by atoms with van der Waals surface area (Å²) < 4.78 is 43.9. The zero-order chi connectivity index (χ0) is 21.0. The quantitative estimate of drug-likeness (QED) is 0.642. The first kappa shape index (κ1) is 19.9. The summed E-state index contributed by atoms with van der Waals surface area (Å²) in [6, 6.07) is 16.6. The second-order valence-electron chi connectivity index (χ2n) is 6.05. The number of nitrogens with two attached hydrogens (primary N) is 1. The molecule has 0 fully saturated rings. The van der Waals surface area contributed by atoms with Gasteiger partial charge in [0, 0.05) is 16.8 Å². The van der Waals surface area contributed by atoms with Crippen molar-refractivity contribution in [3.05, 3.63) is 89.5 Å². The number of amides is 2. The first-order chi connectivity index (χ1) is 13.7. The molecular formula is C21H15F3N2O3. The number of carbonyl (C=O) groups excluding carboxylic acids is 2. The largest absolute Gasteiger partial charge is 0.457 e. The van der Waals surface area contributed by atoms with Crippen LogP contribution in [0.25, 0.3) is 0 Å². The highest BCUT2D eigenvalue weighted by Crippen LogP contribution is 2.30. The van der Waals surface area contributed by atoms with Gasteiger partial charge in [0.25, 0.3) is 5.91 Å². The fraction of sp³-hybridized carbons (Fsp3) is 0.0476. The minimum Gasteiger partial charge on any atom is -0.457 e. The third-order valence-electron chi connectivity index (χ3n) is 3.94. The maximum absolute atomic E-state index is 12.8. The van der Waals surface area contributed by atoms with Crippen molar-refractivity contribution in [1.82, 2.24) is 0 Å². The van der Waals surface area contributed by atoms with E-state index in [4.69, 9.17) is 10.5 Å². The SMILES string of the molecule is NC(=O)c1ccc(Oc2ccc(C(=O)Nc3cccc(C(F)(F)F)c3)cc2)cc1. The third-order valence-corrected chi connectivity index (χ3v) is 3.94. The zero-order valence-corrected chi connectivity index (χ0v) is 14.9. The predicted octanol–water partition coefficient (Wildman–Crippen LogP) is 4.85. The number of rotatable bonds is 5. The highest BCUT2D eigenvalue weighted by atomic mass is 19.4. The standard InChI is InChI=1S/C21H15F3N2O3/c22-21(23,24)15-2-1-3-16(12-15)26-20(28)14-6-10-18(11-7-14)29-17-8-4-13(5-9-17)19(25)27/h1-12H,(H2,25,27)(H,26,28). The van der Waals surface area contributed by atoms with Crippen LogP contribution in [0.5, 0.6) is 11.5 Å². The van der Waals surface area contributed by atoms with E-state index in [0.717, 1.165) is 12.1 Å². The van der Waals surface area contributed by atoms with Gasteiger partial charge in [0.2, 0.25) is 5.91 Å². The summed E-state index contributed by atoms with van der Waals surface area (Å²) in [6.07, 6.45) is -4.49. The summed E-state index contributed by atoms with van der Waals surface area (Å²) in [7, 11) is 0. The van der Waals surface area contributed by atoms with Crippen LogP contribution in [0.1, 0.15) is 26.3 Å². The van der Waals surface area contributed by atoms with Gasteiger partial charge in [0.05, 0.1) is 5.56 Å². The number of anilines is 1. The maximum atomic E-state index is 12.8. The predicted molar refractivity (Wildman–Crippen MR) is 101 cm³/mol. The number of carbonyl (C=O) groups is 2. The van der Waals surface area contributed by atoms with Crippen LogP contribution >= 0.6 is 0 Å². The van der Waals surface area contributed by atoms with E-state index in [1.54, 1.807) is 24.3 Å². The summed E-state index contributed by atoms with van der Waals surface area (Å²) in [5.74, 6) is -0.196. The monoisotopic (exact) mass is 400 g/mol. The number of primary amides is 1. The Labute approximate surface area is 163 Å². The Morgan fingerprint density at radius 1 is 0.828 bits per heavy atom. The summed E-state index contributed by atoms with van der Waals surface area (Å²) in [5, 5.41) is 2.43. The van der Waals surface area contributed by atoms with Gasteiger partial charge in [-0.2, -0.15) is 13.2 Å². The fourth-order valence-electron chi connectivity index (χ4n) is 2.47. The van der Waals surface area contributed by atoms with Crippen molar-refractivity contribution in [2.75, 3.05) is 5.32 Å². The van der Waals surface area contributed by atoms with Crippen LogP contribution in [0.4, 0.5) is 18.9 Å². The van der Waals surface area contributed by atoms with Crippen LogP contribution in [0.2, 0.25) is 0 Å². The van der Waals surface area contributed by atoms with Crippen molar-refractivity contribution >= 4 is 17.5 Å². The average Bonchev–Trinajstić information content (AvgIpc) is 2.68. The van der Waals surface area contributed by atoms with Crippen molar-refractivity contribution in [3.8, 4) is 11.5 Å². The second-order valence-corrected chi connectivity index (χ2v) is 6.05. The van der Waals surface area contributed by atoms with Gasteiger partial charge >= 0.3 is 6.18 Å². The van der Waals surface area contributed by atoms with Gasteiger partial charge < -0.3 is 15.8 Å². The summed E-state index contributed by atoms with van der Waals surface area (Å²) >= 11 is 0. The minimum absolute atomic E-state index is 0.0414. The van der Waals surface area contributed by atoms with Gasteiger partial charge in [-0.3, -0.25) is 9.59 Å². The molecule has 0 saturated heterocycles. The Balaban J connectivity index is 1.66. The molecule has 0 heterocycles. The molecule has 0 saturated carbocycles. The molecule has 0 spiro atoms. The number of hydrogen-bond acceptors (Lipinski definition) is 3. The van der Waals surface area contributed by atoms with Gasteiger partial charge in [-0.15, -0.1) is 0 Å². The molecule has 5 nitrogen and oxygen atoms in total. The Morgan fingerprint density at radius 2 is 1.38 bits per heavy atom. The normalized spacial score (nSPS) is 11.0. The highest BCUT2D eigenvalue weighted by Gasteiger charge is 2.30. The molecule has 148 valence electrons. The molecule has 3 N–H and O–H groups in total. The van der Waals surface area contributed by atoms with E-state index in [2.05, 4.69) is 5.32 Å². The van der Waals surface area contributed by atoms with E-state index in [1.807, 2.05) is 0 Å². The van der Waals surface area contributed by atoms with Crippen LogP contribution < -0.4 is 15.8 Å². The molecule has 0 unspecified atom stereocenters. The first-order valence-electron chi connectivity index (χ1n) is 8.39. The Kier molecular flexibility index (Phi) is 5.54. The molecular weight excluding hydrogens is 385 g/mol. The van der Waals surface area contributed by atoms with Crippen molar-refractivity contribution in [1.29, 1.82) is 0 Å². The summed E-state index contributed by atoms with van der Waals surface area (Å²) in [6.45, 7) is 0. The van der Waals surface area contributed by atoms with Gasteiger partial charge in [-0.05, 0) is 66.7 Å². The molecule has 0 atom stereocenters. The lowest BCUT2D eigenvalue weighted by Crippen LogP contribution is -2.13. The smallest absolute Gasteiger partial charge is 0.416 e. The van der Waals surface area contributed by atoms with Crippen molar-refractivity contribution in [2.45, 2.75) is 6.18 Å². The Bertz CT molecular complexity index is 1030. The first-order valence-corrected chi connectivity index (χ1v) is 8.39. The van der Waals surface area contributed by atoms with Crippen molar-refractivity contribution < 1.29 is 27.5 Å². The van der Waals surface area contributed by atoms with Crippen LogP contribution in [0.15, 0.2) is 72.8 Å². The summed E-state index contributed by atoms with van der Waals surface area (Å²) in [5.41, 5.74) is 4.96. The third kappa shape index (κ3) is 5.13. The number of alkyl halides is 3. The molecule has 3 aromatic carbocycles. The molecule has 0 aliphatic heterocycles. The van der Waals surface area contributed by atoms with E-state index in [1.165, 1.54) is 36.4 Å². The Morgan fingerprint density at radius 3 is 1.90 bits per heavy atom. The van der Waals surface area contributed by atoms with Gasteiger partial charge in [0.15, 0.2) is 0 Å². The van der Waals surface area contributed by atoms with E-state index >= 15 is 0 Å². The molecule has 2 amide bonds. The van der Waals surface area contributed by atoms with Crippen molar-refractivity contribution in [2.24, 2.45) is 5.73 Å².